The van der Waals surface area contributed by atoms with Gasteiger partial charge in [0, 0.05) is 19.3 Å². The second kappa shape index (κ2) is 49.2. The molecule has 348 valence electrons. The fraction of sp³-hybridized carbons (Fsp3) is 0.691. The molecule has 6 heteroatoms. The van der Waals surface area contributed by atoms with E-state index in [1.165, 1.54) is 89.9 Å². The van der Waals surface area contributed by atoms with E-state index in [2.05, 4.69) is 99.8 Å². The zero-order valence-electron chi connectivity index (χ0n) is 39.7. The predicted molar refractivity (Wildman–Crippen MR) is 261 cm³/mol. The molecular formula is C55H92O6. The Bertz CT molecular complexity index is 1200. The zero-order valence-corrected chi connectivity index (χ0v) is 39.7. The highest BCUT2D eigenvalue weighted by atomic mass is 16.6. The molecule has 0 unspecified atom stereocenters. The summed E-state index contributed by atoms with van der Waals surface area (Å²) in [4.78, 5) is 37.8. The summed E-state index contributed by atoms with van der Waals surface area (Å²) in [6, 6.07) is 0. The van der Waals surface area contributed by atoms with E-state index in [0.717, 1.165) is 89.9 Å². The molecule has 0 saturated carbocycles. The van der Waals surface area contributed by atoms with Crippen LogP contribution < -0.4 is 0 Å². The van der Waals surface area contributed by atoms with E-state index in [9.17, 15) is 14.4 Å². The Morgan fingerprint density at radius 1 is 0.344 bits per heavy atom. The molecule has 0 heterocycles. The van der Waals surface area contributed by atoms with E-state index in [1.54, 1.807) is 0 Å². The van der Waals surface area contributed by atoms with E-state index in [4.69, 9.17) is 14.2 Å². The Morgan fingerprint density at radius 3 is 1.11 bits per heavy atom. The number of hydrogen-bond donors (Lipinski definition) is 0. The smallest absolute Gasteiger partial charge is 0.306 e. The highest BCUT2D eigenvalue weighted by Gasteiger charge is 2.19. The topological polar surface area (TPSA) is 78.9 Å². The van der Waals surface area contributed by atoms with E-state index in [-0.39, 0.29) is 37.5 Å². The minimum atomic E-state index is -0.807. The van der Waals surface area contributed by atoms with Crippen LogP contribution in [0.15, 0.2) is 85.1 Å². The molecule has 0 aliphatic heterocycles. The van der Waals surface area contributed by atoms with Gasteiger partial charge in [0.05, 0.1) is 0 Å². The van der Waals surface area contributed by atoms with Crippen LogP contribution >= 0.6 is 0 Å². The van der Waals surface area contributed by atoms with Crippen molar-refractivity contribution < 1.29 is 28.6 Å². The maximum atomic E-state index is 12.7. The summed E-state index contributed by atoms with van der Waals surface area (Å²) < 4.78 is 16.7. The van der Waals surface area contributed by atoms with Crippen molar-refractivity contribution in [3.8, 4) is 0 Å². The predicted octanol–water partition coefficient (Wildman–Crippen LogP) is 16.4. The standard InChI is InChI=1S/C55H92O6/c1-4-7-10-13-16-19-22-24-25-26-27-28-29-31-34-36-39-42-45-48-54(57)60-51-52(61-55(58)49-46-43-40-37-32-21-18-15-12-9-6-3)50-59-53(56)47-44-41-38-35-33-30-23-20-17-14-11-8-5-2/h7,10,16,19-20,23-25,27-28,31,34,39,42,52H,4-6,8-9,11-15,17-18,21-22,26,29-30,32-33,35-38,40-41,43-51H2,1-3H3/b10-7-,19-16-,23-20-,25-24-,28-27-,34-31-,42-39-/t52-/m0/s1. The van der Waals surface area contributed by atoms with Gasteiger partial charge in [0.1, 0.15) is 13.2 Å². The number of allylic oxidation sites excluding steroid dienone is 14. The lowest BCUT2D eigenvalue weighted by atomic mass is 10.1. The Hall–Kier alpha value is -3.41. The molecule has 0 aromatic heterocycles. The summed E-state index contributed by atoms with van der Waals surface area (Å²) in [5.41, 5.74) is 0. The van der Waals surface area contributed by atoms with Gasteiger partial charge in [-0.05, 0) is 83.5 Å². The third-order valence-corrected chi connectivity index (χ3v) is 10.4. The third-order valence-electron chi connectivity index (χ3n) is 10.4. The van der Waals surface area contributed by atoms with E-state index in [1.807, 2.05) is 6.08 Å². The number of carbonyl (C=O) groups excluding carboxylic acids is 3. The fourth-order valence-corrected chi connectivity index (χ4v) is 6.64. The first kappa shape index (κ1) is 57.6. The van der Waals surface area contributed by atoms with Gasteiger partial charge in [0.2, 0.25) is 0 Å². The lowest BCUT2D eigenvalue weighted by Gasteiger charge is -2.18. The molecule has 0 radical (unpaired) electrons. The fourth-order valence-electron chi connectivity index (χ4n) is 6.64. The largest absolute Gasteiger partial charge is 0.462 e. The summed E-state index contributed by atoms with van der Waals surface area (Å²) >= 11 is 0. The van der Waals surface area contributed by atoms with Crippen molar-refractivity contribution in [1.29, 1.82) is 0 Å². The second-order valence-corrected chi connectivity index (χ2v) is 16.3. The second-order valence-electron chi connectivity index (χ2n) is 16.3. The van der Waals surface area contributed by atoms with Crippen LogP contribution in [0.2, 0.25) is 0 Å². The average Bonchev–Trinajstić information content (AvgIpc) is 3.26. The molecule has 0 saturated heterocycles. The van der Waals surface area contributed by atoms with Crippen LogP contribution in [0.3, 0.4) is 0 Å². The number of esters is 3. The highest BCUT2D eigenvalue weighted by Crippen LogP contribution is 2.14. The number of carbonyl (C=O) groups is 3. The molecular weight excluding hydrogens is 757 g/mol. The van der Waals surface area contributed by atoms with Gasteiger partial charge in [-0.25, -0.2) is 0 Å². The SMILES string of the molecule is CC/C=C\C/C=C\C/C=C\C/C=C\C/C=C\C/C=C\CCC(=O)OC[C@H](COC(=O)CCCCCCC/C=C\CCCCCC)OC(=O)CCCCCCCCCCCCC. The zero-order chi connectivity index (χ0) is 44.4. The molecule has 61 heavy (non-hydrogen) atoms. The molecule has 0 aliphatic rings. The van der Waals surface area contributed by atoms with Gasteiger partial charge in [-0.3, -0.25) is 14.4 Å². The van der Waals surface area contributed by atoms with Gasteiger partial charge in [-0.2, -0.15) is 0 Å². The lowest BCUT2D eigenvalue weighted by Crippen LogP contribution is -2.30. The van der Waals surface area contributed by atoms with Crippen LogP contribution in [-0.4, -0.2) is 37.2 Å². The van der Waals surface area contributed by atoms with Crippen LogP contribution in [-0.2, 0) is 28.6 Å². The van der Waals surface area contributed by atoms with Crippen molar-refractivity contribution in [1.82, 2.24) is 0 Å². The first-order valence-electron chi connectivity index (χ1n) is 25.1. The number of unbranched alkanes of at least 4 members (excludes halogenated alkanes) is 19. The van der Waals surface area contributed by atoms with Gasteiger partial charge in [0.15, 0.2) is 6.10 Å². The summed E-state index contributed by atoms with van der Waals surface area (Å²) in [6.45, 7) is 6.42. The molecule has 1 atom stereocenters. The van der Waals surface area contributed by atoms with Crippen LogP contribution in [0.4, 0.5) is 0 Å². The Balaban J connectivity index is 4.48. The molecule has 0 aliphatic carbocycles. The van der Waals surface area contributed by atoms with Gasteiger partial charge in [0.25, 0.3) is 0 Å². The normalized spacial score (nSPS) is 12.8. The van der Waals surface area contributed by atoms with Gasteiger partial charge in [-0.15, -0.1) is 0 Å². The molecule has 0 aromatic rings. The average molecular weight is 849 g/mol. The van der Waals surface area contributed by atoms with Crippen LogP contribution in [0.5, 0.6) is 0 Å². The molecule has 0 rings (SSSR count). The molecule has 0 aromatic carbocycles. The number of ether oxygens (including phenoxy) is 3. The lowest BCUT2D eigenvalue weighted by molar-refractivity contribution is -0.166. The first-order valence-corrected chi connectivity index (χ1v) is 25.1. The van der Waals surface area contributed by atoms with Gasteiger partial charge < -0.3 is 14.2 Å². The first-order chi connectivity index (χ1) is 30.0. The van der Waals surface area contributed by atoms with E-state index in [0.29, 0.717) is 19.3 Å². The van der Waals surface area contributed by atoms with Gasteiger partial charge >= 0.3 is 17.9 Å². The Labute approximate surface area is 375 Å². The van der Waals surface area contributed by atoms with Crippen molar-refractivity contribution in [2.45, 2.75) is 232 Å². The quantitative estimate of drug-likeness (QED) is 0.0263. The van der Waals surface area contributed by atoms with Crippen molar-refractivity contribution >= 4 is 17.9 Å². The molecule has 0 bridgehead atoms. The minimum Gasteiger partial charge on any atom is -0.462 e. The Kier molecular flexibility index (Phi) is 46.5. The highest BCUT2D eigenvalue weighted by molar-refractivity contribution is 5.71. The Morgan fingerprint density at radius 2 is 0.672 bits per heavy atom. The van der Waals surface area contributed by atoms with Crippen LogP contribution in [0.25, 0.3) is 0 Å². The van der Waals surface area contributed by atoms with E-state index < -0.39 is 6.10 Å². The molecule has 0 spiro atoms. The minimum absolute atomic E-state index is 0.103. The van der Waals surface area contributed by atoms with Crippen molar-refractivity contribution in [3.63, 3.8) is 0 Å². The molecule has 0 fully saturated rings. The molecule has 0 amide bonds. The molecule has 0 N–H and O–H groups in total. The monoisotopic (exact) mass is 849 g/mol. The van der Waals surface area contributed by atoms with Crippen LogP contribution in [0.1, 0.15) is 226 Å². The summed E-state index contributed by atoms with van der Waals surface area (Å²) in [5.74, 6) is -1.00. The molecule has 6 nitrogen and oxygen atoms in total. The third kappa shape index (κ3) is 47.5. The summed E-state index contributed by atoms with van der Waals surface area (Å²) in [5, 5.41) is 0. The van der Waals surface area contributed by atoms with Crippen LogP contribution in [0, 0.1) is 0 Å². The van der Waals surface area contributed by atoms with Crippen molar-refractivity contribution in [2.75, 3.05) is 13.2 Å². The van der Waals surface area contributed by atoms with E-state index >= 15 is 0 Å². The summed E-state index contributed by atoms with van der Waals surface area (Å²) in [7, 11) is 0. The maximum Gasteiger partial charge on any atom is 0.306 e. The number of rotatable bonds is 44. The van der Waals surface area contributed by atoms with Gasteiger partial charge in [-0.1, -0.05) is 209 Å². The van der Waals surface area contributed by atoms with Crippen molar-refractivity contribution in [3.05, 3.63) is 85.1 Å². The maximum absolute atomic E-state index is 12.7. The summed E-state index contributed by atoms with van der Waals surface area (Å²) in [6.07, 6.45) is 62.9. The van der Waals surface area contributed by atoms with Crippen molar-refractivity contribution in [2.24, 2.45) is 0 Å². The number of hydrogen-bond acceptors (Lipinski definition) is 6.